The Balaban J connectivity index is 1.79. The third-order valence-electron chi connectivity index (χ3n) is 4.28. The second kappa shape index (κ2) is 10.0. The first-order valence-corrected chi connectivity index (χ1v) is 11.4. The van der Waals surface area contributed by atoms with E-state index in [1.165, 1.54) is 29.2 Å². The van der Waals surface area contributed by atoms with Gasteiger partial charge >= 0.3 is 0 Å². The van der Waals surface area contributed by atoms with Crippen molar-refractivity contribution in [1.82, 2.24) is 19.7 Å². The largest absolute Gasteiger partial charge is 0.480 e. The lowest BCUT2D eigenvalue weighted by Crippen LogP contribution is -2.25. The van der Waals surface area contributed by atoms with Gasteiger partial charge in [0.25, 0.3) is 0 Å². The molecule has 0 spiro atoms. The number of carbonyl (C=O) groups is 1. The monoisotopic (exact) mass is 449 g/mol. The number of para-hydroxylation sites is 1. The first-order valence-electron chi connectivity index (χ1n) is 9.63. The van der Waals surface area contributed by atoms with Crippen molar-refractivity contribution in [3.8, 4) is 5.75 Å². The Morgan fingerprint density at radius 2 is 2.07 bits per heavy atom. The maximum Gasteiger partial charge on any atom is 0.239 e. The summed E-state index contributed by atoms with van der Waals surface area (Å²) in [6.07, 6.45) is 1.74. The Labute approximate surface area is 183 Å². The molecule has 0 fully saturated rings. The SMILES string of the molecule is CCC(Sc1nnc(C(C)Oc2ccccc2F)n1C(C)C)C(=O)Nc1nccs1. The van der Waals surface area contributed by atoms with E-state index in [4.69, 9.17) is 4.74 Å². The number of rotatable bonds is 9. The van der Waals surface area contributed by atoms with Crippen molar-refractivity contribution in [3.05, 3.63) is 47.5 Å². The molecule has 0 aliphatic heterocycles. The van der Waals surface area contributed by atoms with E-state index in [0.717, 1.165) is 0 Å². The van der Waals surface area contributed by atoms with Crippen LogP contribution < -0.4 is 10.1 Å². The van der Waals surface area contributed by atoms with Crippen LogP contribution >= 0.6 is 23.1 Å². The summed E-state index contributed by atoms with van der Waals surface area (Å²) in [6, 6.07) is 6.28. The minimum absolute atomic E-state index is 0.0312. The van der Waals surface area contributed by atoms with Crippen molar-refractivity contribution in [3.63, 3.8) is 0 Å². The van der Waals surface area contributed by atoms with E-state index in [1.54, 1.807) is 31.3 Å². The van der Waals surface area contributed by atoms with Crippen LogP contribution in [0, 0.1) is 5.82 Å². The second-order valence-electron chi connectivity index (χ2n) is 6.84. The van der Waals surface area contributed by atoms with Crippen LogP contribution in [0.1, 0.15) is 52.1 Å². The lowest BCUT2D eigenvalue weighted by molar-refractivity contribution is -0.115. The van der Waals surface area contributed by atoms with Crippen LogP contribution in [-0.4, -0.2) is 30.9 Å². The topological polar surface area (TPSA) is 81.9 Å². The molecule has 7 nitrogen and oxygen atoms in total. The molecular formula is C20H24FN5O2S2. The van der Waals surface area contributed by atoms with Crippen LogP contribution in [0.15, 0.2) is 41.0 Å². The predicted molar refractivity (Wildman–Crippen MR) is 117 cm³/mol. The highest BCUT2D eigenvalue weighted by Gasteiger charge is 2.26. The van der Waals surface area contributed by atoms with E-state index < -0.39 is 11.9 Å². The Hall–Kier alpha value is -2.46. The summed E-state index contributed by atoms with van der Waals surface area (Å²) in [4.78, 5) is 16.8. The van der Waals surface area contributed by atoms with Crippen LogP contribution in [-0.2, 0) is 4.79 Å². The zero-order valence-corrected chi connectivity index (χ0v) is 18.8. The standard InChI is InChI=1S/C20H24FN5O2S2/c1-5-16(18(27)23-19-22-10-11-29-19)30-20-25-24-17(26(20)12(2)3)13(4)28-15-9-7-6-8-14(15)21/h6-13,16H,5H2,1-4H3,(H,22,23,27). The highest BCUT2D eigenvalue weighted by Crippen LogP contribution is 2.31. The number of ether oxygens (including phenoxy) is 1. The number of thioether (sulfide) groups is 1. The molecule has 0 saturated carbocycles. The van der Waals surface area contributed by atoms with Gasteiger partial charge in [0, 0.05) is 17.6 Å². The molecule has 10 heteroatoms. The Bertz CT molecular complexity index is 977. The molecule has 3 aromatic rings. The first-order chi connectivity index (χ1) is 14.4. The van der Waals surface area contributed by atoms with Gasteiger partial charge in [-0.05, 0) is 39.3 Å². The molecule has 2 atom stereocenters. The van der Waals surface area contributed by atoms with Gasteiger partial charge in [-0.1, -0.05) is 30.8 Å². The Kier molecular flexibility index (Phi) is 7.43. The van der Waals surface area contributed by atoms with Crippen molar-refractivity contribution >= 4 is 34.1 Å². The molecule has 2 aromatic heterocycles. The fraction of sp³-hybridized carbons (Fsp3) is 0.400. The molecule has 0 saturated heterocycles. The third kappa shape index (κ3) is 5.17. The molecule has 0 bridgehead atoms. The number of benzene rings is 1. The zero-order chi connectivity index (χ0) is 21.7. The number of carbonyl (C=O) groups excluding carboxylic acids is 1. The van der Waals surface area contributed by atoms with E-state index >= 15 is 0 Å². The number of hydrogen-bond acceptors (Lipinski definition) is 7. The minimum Gasteiger partial charge on any atom is -0.480 e. The molecule has 2 unspecified atom stereocenters. The summed E-state index contributed by atoms with van der Waals surface area (Å²) < 4.78 is 21.7. The maximum absolute atomic E-state index is 14.0. The van der Waals surface area contributed by atoms with Gasteiger partial charge in [-0.25, -0.2) is 9.37 Å². The summed E-state index contributed by atoms with van der Waals surface area (Å²) in [6.45, 7) is 7.75. The quantitative estimate of drug-likeness (QED) is 0.458. The van der Waals surface area contributed by atoms with Gasteiger partial charge in [-0.15, -0.1) is 21.5 Å². The average molecular weight is 450 g/mol. The number of amides is 1. The molecule has 2 heterocycles. The zero-order valence-electron chi connectivity index (χ0n) is 17.2. The minimum atomic E-state index is -0.518. The fourth-order valence-corrected chi connectivity index (χ4v) is 4.46. The van der Waals surface area contributed by atoms with Crippen LogP contribution in [0.5, 0.6) is 5.75 Å². The molecule has 1 N–H and O–H groups in total. The first kappa shape index (κ1) is 22.2. The molecule has 3 rings (SSSR count). The molecule has 0 aliphatic carbocycles. The van der Waals surface area contributed by atoms with Crippen LogP contribution in [0.3, 0.4) is 0 Å². The summed E-state index contributed by atoms with van der Waals surface area (Å²) in [5.74, 6) is 0.171. The van der Waals surface area contributed by atoms with Crippen LogP contribution in [0.25, 0.3) is 0 Å². The number of anilines is 1. The fourth-order valence-electron chi connectivity index (χ4n) is 2.84. The van der Waals surface area contributed by atoms with E-state index in [-0.39, 0.29) is 22.9 Å². The van der Waals surface area contributed by atoms with E-state index in [0.29, 0.717) is 22.5 Å². The molecule has 30 heavy (non-hydrogen) atoms. The summed E-state index contributed by atoms with van der Waals surface area (Å²) in [5.41, 5.74) is 0. The Morgan fingerprint density at radius 1 is 1.30 bits per heavy atom. The lowest BCUT2D eigenvalue weighted by Gasteiger charge is -2.20. The lowest BCUT2D eigenvalue weighted by atomic mass is 10.3. The van der Waals surface area contributed by atoms with Crippen molar-refractivity contribution < 1.29 is 13.9 Å². The summed E-state index contributed by atoms with van der Waals surface area (Å²) in [7, 11) is 0. The van der Waals surface area contributed by atoms with Crippen LogP contribution in [0.4, 0.5) is 9.52 Å². The van der Waals surface area contributed by atoms with E-state index in [9.17, 15) is 9.18 Å². The molecule has 1 aromatic carbocycles. The molecule has 160 valence electrons. The summed E-state index contributed by atoms with van der Waals surface area (Å²) >= 11 is 2.72. The molecule has 1 amide bonds. The van der Waals surface area contributed by atoms with Gasteiger partial charge in [0.1, 0.15) is 0 Å². The van der Waals surface area contributed by atoms with Gasteiger partial charge in [0.15, 0.2) is 33.8 Å². The van der Waals surface area contributed by atoms with Crippen molar-refractivity contribution in [2.24, 2.45) is 0 Å². The number of halogens is 1. The van der Waals surface area contributed by atoms with Gasteiger partial charge < -0.3 is 14.6 Å². The highest BCUT2D eigenvalue weighted by molar-refractivity contribution is 8.00. The van der Waals surface area contributed by atoms with Gasteiger partial charge in [0.05, 0.1) is 5.25 Å². The summed E-state index contributed by atoms with van der Waals surface area (Å²) in [5, 5.41) is 14.1. The molecular weight excluding hydrogens is 425 g/mol. The maximum atomic E-state index is 14.0. The number of hydrogen-bond donors (Lipinski definition) is 1. The predicted octanol–water partition coefficient (Wildman–Crippen LogP) is 5.10. The van der Waals surface area contributed by atoms with Gasteiger partial charge in [-0.2, -0.15) is 0 Å². The van der Waals surface area contributed by atoms with E-state index in [2.05, 4.69) is 20.5 Å². The normalized spacial score (nSPS) is 13.3. The number of aromatic nitrogens is 4. The Morgan fingerprint density at radius 3 is 2.70 bits per heavy atom. The van der Waals surface area contributed by atoms with Crippen LogP contribution in [0.2, 0.25) is 0 Å². The third-order valence-corrected chi connectivity index (χ3v) is 6.29. The van der Waals surface area contributed by atoms with E-state index in [1.807, 2.05) is 30.7 Å². The molecule has 0 radical (unpaired) electrons. The number of nitrogens with one attached hydrogen (secondary N) is 1. The number of thiazole rings is 1. The van der Waals surface area contributed by atoms with Gasteiger partial charge in [-0.3, -0.25) is 4.79 Å². The van der Waals surface area contributed by atoms with Crippen molar-refractivity contribution in [2.45, 2.75) is 56.7 Å². The average Bonchev–Trinajstić information content (AvgIpc) is 3.37. The second-order valence-corrected chi connectivity index (χ2v) is 8.90. The van der Waals surface area contributed by atoms with Gasteiger partial charge in [0.2, 0.25) is 5.91 Å². The smallest absolute Gasteiger partial charge is 0.239 e. The number of nitrogens with zero attached hydrogens (tertiary/aromatic N) is 4. The highest BCUT2D eigenvalue weighted by atomic mass is 32.2. The molecule has 0 aliphatic rings. The van der Waals surface area contributed by atoms with Crippen molar-refractivity contribution in [1.29, 1.82) is 0 Å². The van der Waals surface area contributed by atoms with Crippen molar-refractivity contribution in [2.75, 3.05) is 5.32 Å².